The van der Waals surface area contributed by atoms with Gasteiger partial charge in [0.25, 0.3) is 0 Å². The second-order valence-electron chi connectivity index (χ2n) is 8.58. The molecule has 1 aromatic rings. The number of hydrogen-bond donors (Lipinski definition) is 2. The van der Waals surface area contributed by atoms with Crippen molar-refractivity contribution in [1.82, 2.24) is 4.90 Å². The molecule has 152 valence electrons. The lowest BCUT2D eigenvalue weighted by Crippen LogP contribution is -2.77. The summed E-state index contributed by atoms with van der Waals surface area (Å²) in [4.78, 5) is 2.36. The fraction of sp³-hybridized carbons (Fsp3) is 0.636. The summed E-state index contributed by atoms with van der Waals surface area (Å²) < 4.78 is 17.7. The van der Waals surface area contributed by atoms with E-state index in [4.69, 9.17) is 14.2 Å². The van der Waals surface area contributed by atoms with Crippen molar-refractivity contribution in [3.63, 3.8) is 0 Å². The largest absolute Gasteiger partial charge is 0.504 e. The van der Waals surface area contributed by atoms with Crippen LogP contribution in [-0.2, 0) is 21.3 Å². The standard InChI is InChI=1S/C22H29NO5/c1-3-9-23-10-8-21-18-14-4-5-15(24)19(18)28-20(21)16(27-12-11-26-2)6-7-22(21,25)17(23)13-14/h3-5,16-17,20,24-25H,1,6-13H2,2H3/t16-,17+,20-,21-,22+/m0/s1. The van der Waals surface area contributed by atoms with Gasteiger partial charge in [0.2, 0.25) is 0 Å². The molecule has 0 amide bonds. The van der Waals surface area contributed by atoms with Gasteiger partial charge < -0.3 is 24.4 Å². The zero-order valence-electron chi connectivity index (χ0n) is 16.4. The van der Waals surface area contributed by atoms with Gasteiger partial charge in [0.1, 0.15) is 6.10 Å². The number of aromatic hydroxyl groups is 1. The second-order valence-corrected chi connectivity index (χ2v) is 8.58. The van der Waals surface area contributed by atoms with Gasteiger partial charge in [-0.1, -0.05) is 12.1 Å². The minimum absolute atomic E-state index is 0.0215. The number of likely N-dealkylation sites (tertiary alicyclic amines) is 1. The molecule has 2 bridgehead atoms. The molecule has 2 fully saturated rings. The summed E-state index contributed by atoms with van der Waals surface area (Å²) in [6, 6.07) is 3.75. The van der Waals surface area contributed by atoms with E-state index in [0.717, 1.165) is 37.9 Å². The van der Waals surface area contributed by atoms with Crippen molar-refractivity contribution >= 4 is 0 Å². The van der Waals surface area contributed by atoms with Crippen LogP contribution in [0, 0.1) is 0 Å². The van der Waals surface area contributed by atoms with Crippen molar-refractivity contribution in [3.05, 3.63) is 35.9 Å². The molecule has 2 heterocycles. The summed E-state index contributed by atoms with van der Waals surface area (Å²) in [6.07, 6.45) is 4.44. The van der Waals surface area contributed by atoms with E-state index in [2.05, 4.69) is 11.5 Å². The minimum Gasteiger partial charge on any atom is -0.504 e. The molecular weight excluding hydrogens is 358 g/mol. The predicted octanol–water partition coefficient (Wildman–Crippen LogP) is 1.76. The molecule has 2 aliphatic heterocycles. The number of hydrogen-bond acceptors (Lipinski definition) is 6. The summed E-state index contributed by atoms with van der Waals surface area (Å²) in [5, 5.41) is 22.7. The highest BCUT2D eigenvalue weighted by molar-refractivity contribution is 5.62. The molecule has 0 unspecified atom stereocenters. The predicted molar refractivity (Wildman–Crippen MR) is 104 cm³/mol. The molecule has 6 nitrogen and oxygen atoms in total. The van der Waals surface area contributed by atoms with E-state index in [1.54, 1.807) is 13.2 Å². The Morgan fingerprint density at radius 2 is 2.21 bits per heavy atom. The van der Waals surface area contributed by atoms with Crippen molar-refractivity contribution in [2.45, 2.75) is 54.9 Å². The number of benzene rings is 1. The van der Waals surface area contributed by atoms with E-state index >= 15 is 0 Å². The van der Waals surface area contributed by atoms with Crippen molar-refractivity contribution in [2.75, 3.05) is 33.4 Å². The van der Waals surface area contributed by atoms with Crippen LogP contribution in [0.1, 0.15) is 30.4 Å². The molecule has 0 aromatic heterocycles. The second kappa shape index (κ2) is 6.46. The average Bonchev–Trinajstić information content (AvgIpc) is 3.03. The van der Waals surface area contributed by atoms with Crippen molar-refractivity contribution in [3.8, 4) is 11.5 Å². The van der Waals surface area contributed by atoms with Gasteiger partial charge in [-0.2, -0.15) is 0 Å². The maximum atomic E-state index is 12.2. The van der Waals surface area contributed by atoms with Crippen LogP contribution in [-0.4, -0.2) is 72.4 Å². The smallest absolute Gasteiger partial charge is 0.165 e. The molecule has 1 aromatic carbocycles. The van der Waals surface area contributed by atoms with Crippen LogP contribution in [0.4, 0.5) is 0 Å². The fourth-order valence-corrected chi connectivity index (χ4v) is 6.42. The van der Waals surface area contributed by atoms with Crippen LogP contribution in [0.15, 0.2) is 24.8 Å². The molecule has 4 aliphatic rings. The van der Waals surface area contributed by atoms with E-state index in [0.29, 0.717) is 25.4 Å². The maximum absolute atomic E-state index is 12.2. The van der Waals surface area contributed by atoms with Gasteiger partial charge in [-0.15, -0.1) is 6.58 Å². The molecule has 5 atom stereocenters. The third kappa shape index (κ3) is 2.17. The van der Waals surface area contributed by atoms with Gasteiger partial charge in [-0.05, 0) is 43.9 Å². The van der Waals surface area contributed by atoms with Crippen LogP contribution in [0.3, 0.4) is 0 Å². The van der Waals surface area contributed by atoms with Crippen LogP contribution in [0.25, 0.3) is 0 Å². The quantitative estimate of drug-likeness (QED) is 0.573. The Morgan fingerprint density at radius 1 is 1.36 bits per heavy atom. The van der Waals surface area contributed by atoms with Gasteiger partial charge in [0.15, 0.2) is 11.5 Å². The lowest BCUT2D eigenvalue weighted by molar-refractivity contribution is -0.214. The van der Waals surface area contributed by atoms with Gasteiger partial charge in [0, 0.05) is 25.3 Å². The van der Waals surface area contributed by atoms with E-state index in [-0.39, 0.29) is 24.0 Å². The molecule has 1 saturated carbocycles. The summed E-state index contributed by atoms with van der Waals surface area (Å²) >= 11 is 0. The molecule has 5 rings (SSSR count). The van der Waals surface area contributed by atoms with E-state index < -0.39 is 11.0 Å². The summed E-state index contributed by atoms with van der Waals surface area (Å²) in [6.45, 7) is 6.57. The van der Waals surface area contributed by atoms with Crippen LogP contribution < -0.4 is 4.74 Å². The average molecular weight is 387 g/mol. The van der Waals surface area contributed by atoms with E-state index in [1.807, 2.05) is 12.1 Å². The Balaban J connectivity index is 1.63. The first-order chi connectivity index (χ1) is 13.6. The third-order valence-electron chi connectivity index (χ3n) is 7.50. The fourth-order valence-electron chi connectivity index (χ4n) is 6.42. The topological polar surface area (TPSA) is 71.4 Å². The third-order valence-corrected chi connectivity index (χ3v) is 7.50. The monoisotopic (exact) mass is 387 g/mol. The summed E-state index contributed by atoms with van der Waals surface area (Å²) in [5.41, 5.74) is 0.768. The number of methoxy groups -OCH3 is 1. The number of phenols is 1. The molecular formula is C22H29NO5. The molecule has 2 aliphatic carbocycles. The van der Waals surface area contributed by atoms with Gasteiger partial charge >= 0.3 is 0 Å². The Kier molecular flexibility index (Phi) is 4.25. The van der Waals surface area contributed by atoms with Crippen molar-refractivity contribution in [1.29, 1.82) is 0 Å². The first kappa shape index (κ1) is 18.4. The Morgan fingerprint density at radius 3 is 3.00 bits per heavy atom. The van der Waals surface area contributed by atoms with E-state index in [9.17, 15) is 10.2 Å². The Labute approximate surface area is 165 Å². The first-order valence-electron chi connectivity index (χ1n) is 10.3. The normalized spacial score (nSPS) is 38.0. The lowest BCUT2D eigenvalue weighted by atomic mass is 9.48. The molecule has 1 saturated heterocycles. The molecule has 1 spiro atoms. The van der Waals surface area contributed by atoms with Crippen LogP contribution in [0.2, 0.25) is 0 Å². The highest BCUT2D eigenvalue weighted by atomic mass is 16.6. The first-order valence-corrected chi connectivity index (χ1v) is 10.3. The molecule has 0 radical (unpaired) electrons. The van der Waals surface area contributed by atoms with Crippen molar-refractivity contribution in [2.24, 2.45) is 0 Å². The Bertz CT molecular complexity index is 797. The van der Waals surface area contributed by atoms with Gasteiger partial charge in [-0.25, -0.2) is 0 Å². The van der Waals surface area contributed by atoms with Crippen LogP contribution >= 0.6 is 0 Å². The zero-order valence-corrected chi connectivity index (χ0v) is 16.4. The Hall–Kier alpha value is -1.60. The summed E-state index contributed by atoms with van der Waals surface area (Å²) in [5.74, 6) is 0.714. The molecule has 6 heteroatoms. The lowest BCUT2D eigenvalue weighted by Gasteiger charge is -2.64. The number of ether oxygens (including phenoxy) is 3. The highest BCUT2D eigenvalue weighted by Gasteiger charge is 2.73. The maximum Gasteiger partial charge on any atom is 0.165 e. The van der Waals surface area contributed by atoms with Gasteiger partial charge in [-0.3, -0.25) is 4.90 Å². The number of phenolic OH excluding ortho intramolecular Hbond substituents is 1. The number of nitrogens with zero attached hydrogens (tertiary/aromatic N) is 1. The van der Waals surface area contributed by atoms with Gasteiger partial charge in [0.05, 0.1) is 30.3 Å². The van der Waals surface area contributed by atoms with Crippen molar-refractivity contribution < 1.29 is 24.4 Å². The highest BCUT2D eigenvalue weighted by Crippen LogP contribution is 2.65. The molecule has 2 N–H and O–H groups in total. The number of aliphatic hydroxyl groups is 1. The zero-order chi connectivity index (χ0) is 19.5. The number of piperidine rings is 1. The minimum atomic E-state index is -0.897. The van der Waals surface area contributed by atoms with Crippen LogP contribution in [0.5, 0.6) is 11.5 Å². The SMILES string of the molecule is C=CCN1CC[C@]23c4c5ccc(O)c4O[C@H]2[C@@H](OCCOC)CC[C@@]3(O)[C@H]1C5. The van der Waals surface area contributed by atoms with E-state index in [1.165, 1.54) is 5.56 Å². The molecule has 28 heavy (non-hydrogen) atoms. The number of rotatable bonds is 6. The summed E-state index contributed by atoms with van der Waals surface area (Å²) in [7, 11) is 1.66.